The fraction of sp³-hybridized carbons (Fsp3) is 0.286. The Morgan fingerprint density at radius 2 is 1.47 bits per heavy atom. The first-order valence-electron chi connectivity index (χ1n) is 14.8. The Morgan fingerprint density at radius 1 is 0.837 bits per heavy atom. The number of fused-ring (bicyclic) bond motifs is 5. The highest BCUT2D eigenvalue weighted by atomic mass is 16.6. The van der Waals surface area contributed by atoms with E-state index < -0.39 is 35.3 Å². The lowest BCUT2D eigenvalue weighted by Crippen LogP contribution is -2.65. The van der Waals surface area contributed by atoms with Crippen molar-refractivity contribution in [3.63, 3.8) is 0 Å². The lowest BCUT2D eigenvalue weighted by molar-refractivity contribution is -0.134. The molecule has 0 unspecified atom stereocenters. The molecule has 4 amide bonds. The molecule has 0 spiro atoms. The molecule has 3 aromatic rings. The van der Waals surface area contributed by atoms with Crippen LogP contribution in [0.2, 0.25) is 0 Å². The van der Waals surface area contributed by atoms with Crippen LogP contribution >= 0.6 is 0 Å². The molecule has 43 heavy (non-hydrogen) atoms. The maximum absolute atomic E-state index is 14.4. The van der Waals surface area contributed by atoms with E-state index in [1.807, 2.05) is 73.7 Å². The number of nitrogens with zero attached hydrogens (tertiary/aromatic N) is 3. The molecule has 0 radical (unpaired) electrons. The fourth-order valence-electron chi connectivity index (χ4n) is 7.62. The van der Waals surface area contributed by atoms with Gasteiger partial charge in [-0.25, -0.2) is 14.7 Å². The van der Waals surface area contributed by atoms with E-state index in [2.05, 4.69) is 0 Å². The number of anilines is 1. The number of imide groups is 2. The van der Waals surface area contributed by atoms with E-state index in [1.54, 1.807) is 24.3 Å². The van der Waals surface area contributed by atoms with Crippen LogP contribution in [-0.2, 0) is 32.1 Å². The first kappa shape index (κ1) is 27.0. The molecule has 7 rings (SSSR count). The summed E-state index contributed by atoms with van der Waals surface area (Å²) in [5.41, 5.74) is 2.25. The van der Waals surface area contributed by atoms with Gasteiger partial charge >= 0.3 is 6.09 Å². The molecule has 8 heteroatoms. The topological polar surface area (TPSA) is 96.3 Å². The van der Waals surface area contributed by atoms with E-state index in [4.69, 9.17) is 9.73 Å². The number of hydrogen-bond donors (Lipinski definition) is 0. The van der Waals surface area contributed by atoms with Crippen LogP contribution < -0.4 is 4.90 Å². The SMILES string of the molecule is CCC1=C2CC[C@H]3C(=O)N(c4ccccc4)C(=O)[C@H]3[C@H]2[C@@]2(Cc3ccccc3)C(=NCc3ccccc3)OC(=O)N2C1=O. The lowest BCUT2D eigenvalue weighted by atomic mass is 9.58. The fourth-order valence-corrected chi connectivity index (χ4v) is 7.62. The van der Waals surface area contributed by atoms with Gasteiger partial charge in [-0.3, -0.25) is 19.3 Å². The third kappa shape index (κ3) is 4.07. The van der Waals surface area contributed by atoms with Gasteiger partial charge in [0, 0.05) is 17.9 Å². The Labute approximate surface area is 249 Å². The molecule has 3 aliphatic heterocycles. The van der Waals surface area contributed by atoms with Crippen LogP contribution in [0.3, 0.4) is 0 Å². The number of ether oxygens (including phenoxy) is 1. The van der Waals surface area contributed by atoms with Crippen molar-refractivity contribution in [3.05, 3.63) is 113 Å². The van der Waals surface area contributed by atoms with E-state index in [-0.39, 0.29) is 30.7 Å². The monoisotopic (exact) mass is 573 g/mol. The van der Waals surface area contributed by atoms with Crippen molar-refractivity contribution in [2.45, 2.75) is 44.7 Å². The summed E-state index contributed by atoms with van der Waals surface area (Å²) >= 11 is 0. The predicted octanol–water partition coefficient (Wildman–Crippen LogP) is 5.48. The van der Waals surface area contributed by atoms with Crippen LogP contribution in [0.5, 0.6) is 0 Å². The normalized spacial score (nSPS) is 27.4. The minimum absolute atomic E-state index is 0.121. The predicted molar refractivity (Wildman–Crippen MR) is 160 cm³/mol. The van der Waals surface area contributed by atoms with E-state index in [1.165, 1.54) is 9.80 Å². The Balaban J connectivity index is 1.45. The maximum Gasteiger partial charge on any atom is 0.424 e. The van der Waals surface area contributed by atoms with Crippen molar-refractivity contribution in [2.75, 3.05) is 4.90 Å². The highest BCUT2D eigenvalue weighted by Gasteiger charge is 2.70. The minimum atomic E-state index is -1.40. The number of carbonyl (C=O) groups is 4. The first-order valence-corrected chi connectivity index (χ1v) is 14.8. The molecule has 216 valence electrons. The standard InChI is InChI=1S/C35H31N3O5/c1-2-25-26-18-19-27-28(32(41)37(30(27)39)24-16-10-5-11-17-24)29(26)35(20-22-12-6-3-7-13-22)33(43-34(42)38(35)31(25)40)36-21-23-14-8-4-9-15-23/h3-17,27-29H,2,18-21H2,1H3/t27-,28-,29+,35+/m1/s1. The molecule has 2 saturated heterocycles. The maximum atomic E-state index is 14.4. The van der Waals surface area contributed by atoms with Crippen LogP contribution in [0.25, 0.3) is 0 Å². The van der Waals surface area contributed by atoms with Gasteiger partial charge in [-0.1, -0.05) is 91.4 Å². The number of cyclic esters (lactones) is 1. The van der Waals surface area contributed by atoms with E-state index >= 15 is 0 Å². The van der Waals surface area contributed by atoms with Crippen molar-refractivity contribution in [3.8, 4) is 0 Å². The Bertz CT molecular complexity index is 1680. The molecule has 1 saturated carbocycles. The van der Waals surface area contributed by atoms with Gasteiger partial charge in [-0.2, -0.15) is 0 Å². The van der Waals surface area contributed by atoms with Crippen LogP contribution in [-0.4, -0.2) is 40.2 Å². The third-order valence-corrected chi connectivity index (χ3v) is 9.37. The average Bonchev–Trinajstić information content (AvgIpc) is 3.46. The number of amides is 4. The van der Waals surface area contributed by atoms with Crippen LogP contribution in [0.4, 0.5) is 10.5 Å². The Morgan fingerprint density at radius 3 is 2.12 bits per heavy atom. The third-order valence-electron chi connectivity index (χ3n) is 9.37. The smallest absolute Gasteiger partial charge is 0.393 e. The molecule has 4 aliphatic rings. The van der Waals surface area contributed by atoms with Gasteiger partial charge in [-0.05, 0) is 42.5 Å². The second kappa shape index (κ2) is 10.5. The molecule has 0 bridgehead atoms. The van der Waals surface area contributed by atoms with Crippen LogP contribution in [0, 0.1) is 17.8 Å². The molecular formula is C35H31N3O5. The molecule has 1 aliphatic carbocycles. The molecule has 3 heterocycles. The van der Waals surface area contributed by atoms with E-state index in [0.717, 1.165) is 16.7 Å². The number of rotatable bonds is 6. The van der Waals surface area contributed by atoms with Gasteiger partial charge in [0.1, 0.15) is 5.54 Å². The summed E-state index contributed by atoms with van der Waals surface area (Å²) in [5.74, 6) is -2.88. The van der Waals surface area contributed by atoms with Gasteiger partial charge in [0.05, 0.1) is 24.1 Å². The molecule has 0 aromatic heterocycles. The zero-order valence-electron chi connectivity index (χ0n) is 23.8. The van der Waals surface area contributed by atoms with Crippen molar-refractivity contribution in [1.29, 1.82) is 0 Å². The summed E-state index contributed by atoms with van der Waals surface area (Å²) in [6, 6.07) is 28.1. The summed E-state index contributed by atoms with van der Waals surface area (Å²) in [5, 5.41) is 0. The molecular weight excluding hydrogens is 542 g/mol. The van der Waals surface area contributed by atoms with Crippen LogP contribution in [0.15, 0.2) is 107 Å². The largest absolute Gasteiger partial charge is 0.424 e. The second-order valence-electron chi connectivity index (χ2n) is 11.6. The van der Waals surface area contributed by atoms with Crippen molar-refractivity contribution in [1.82, 2.24) is 4.90 Å². The molecule has 0 N–H and O–H groups in total. The Kier molecular flexibility index (Phi) is 6.57. The summed E-state index contributed by atoms with van der Waals surface area (Å²) in [4.78, 5) is 63.6. The zero-order valence-corrected chi connectivity index (χ0v) is 23.8. The quantitative estimate of drug-likeness (QED) is 0.364. The summed E-state index contributed by atoms with van der Waals surface area (Å²) in [6.45, 7) is 2.11. The van der Waals surface area contributed by atoms with Crippen molar-refractivity contribution >= 4 is 35.4 Å². The summed E-state index contributed by atoms with van der Waals surface area (Å²) in [7, 11) is 0. The van der Waals surface area contributed by atoms with Gasteiger partial charge in [0.2, 0.25) is 17.7 Å². The van der Waals surface area contributed by atoms with Gasteiger partial charge in [0.15, 0.2) is 0 Å². The van der Waals surface area contributed by atoms with E-state index in [0.29, 0.717) is 30.5 Å². The molecule has 4 atom stereocenters. The average molecular weight is 574 g/mol. The lowest BCUT2D eigenvalue weighted by Gasteiger charge is -2.50. The highest BCUT2D eigenvalue weighted by Crippen LogP contribution is 2.57. The highest BCUT2D eigenvalue weighted by molar-refractivity contribution is 6.23. The van der Waals surface area contributed by atoms with Gasteiger partial charge in [-0.15, -0.1) is 0 Å². The molecule has 8 nitrogen and oxygen atoms in total. The first-order chi connectivity index (χ1) is 21.0. The van der Waals surface area contributed by atoms with Crippen LogP contribution in [0.1, 0.15) is 37.3 Å². The summed E-state index contributed by atoms with van der Waals surface area (Å²) < 4.78 is 5.92. The number of benzene rings is 3. The van der Waals surface area contributed by atoms with E-state index in [9.17, 15) is 19.2 Å². The zero-order chi connectivity index (χ0) is 29.7. The molecule has 3 fully saturated rings. The summed E-state index contributed by atoms with van der Waals surface area (Å²) in [6.07, 6.45) is 0.742. The van der Waals surface area contributed by atoms with Gasteiger partial charge in [0.25, 0.3) is 5.91 Å². The number of para-hydroxylation sites is 1. The Hall–Kier alpha value is -4.85. The van der Waals surface area contributed by atoms with Gasteiger partial charge < -0.3 is 4.74 Å². The number of carbonyl (C=O) groups excluding carboxylic acids is 4. The van der Waals surface area contributed by atoms with Crippen molar-refractivity contribution in [2.24, 2.45) is 22.7 Å². The number of aliphatic imine (C=N–C) groups is 1. The number of hydrogen-bond acceptors (Lipinski definition) is 6. The molecule has 3 aromatic carbocycles. The minimum Gasteiger partial charge on any atom is -0.393 e. The second-order valence-corrected chi connectivity index (χ2v) is 11.6. The van der Waals surface area contributed by atoms with Crippen molar-refractivity contribution < 1.29 is 23.9 Å².